The summed E-state index contributed by atoms with van der Waals surface area (Å²) in [6, 6.07) is 3.61. The van der Waals surface area contributed by atoms with Gasteiger partial charge in [-0.1, -0.05) is 19.9 Å². The lowest BCUT2D eigenvalue weighted by molar-refractivity contribution is 0.0898. The lowest BCUT2D eigenvalue weighted by Gasteiger charge is -2.27. The minimum Gasteiger partial charge on any atom is -0.455 e. The van der Waals surface area contributed by atoms with E-state index in [1.54, 1.807) is 19.2 Å². The number of carbonyl (C=O) groups is 2. The Kier molecular flexibility index (Phi) is 3.59. The SMILES string of the molecule is Cc1ccc(NC(=O)c2oc3c(c2C)C(=O)CC(C)(C)C3)nc1. The molecule has 0 spiro atoms. The number of fused-ring (bicyclic) bond motifs is 1. The molecule has 0 saturated carbocycles. The summed E-state index contributed by atoms with van der Waals surface area (Å²) in [6.07, 6.45) is 2.81. The number of aromatic nitrogens is 1. The molecule has 2 heterocycles. The van der Waals surface area contributed by atoms with Crippen molar-refractivity contribution in [2.75, 3.05) is 5.32 Å². The highest BCUT2D eigenvalue weighted by Crippen LogP contribution is 2.38. The molecular formula is C18H20N2O3. The van der Waals surface area contributed by atoms with E-state index in [9.17, 15) is 9.59 Å². The first-order valence-corrected chi connectivity index (χ1v) is 7.66. The van der Waals surface area contributed by atoms with Crippen molar-refractivity contribution in [3.8, 4) is 0 Å². The van der Waals surface area contributed by atoms with Crippen LogP contribution in [0.3, 0.4) is 0 Å². The number of furan rings is 1. The molecule has 0 bridgehead atoms. The smallest absolute Gasteiger partial charge is 0.292 e. The first kappa shape index (κ1) is 15.5. The molecule has 2 aromatic heterocycles. The van der Waals surface area contributed by atoms with Gasteiger partial charge in [0.05, 0.1) is 5.56 Å². The molecular weight excluding hydrogens is 292 g/mol. The second-order valence-electron chi connectivity index (χ2n) is 6.97. The third kappa shape index (κ3) is 2.91. The first-order valence-electron chi connectivity index (χ1n) is 7.66. The van der Waals surface area contributed by atoms with Crippen LogP contribution in [0.2, 0.25) is 0 Å². The molecule has 0 aromatic carbocycles. The third-order valence-corrected chi connectivity index (χ3v) is 4.14. The zero-order chi connectivity index (χ0) is 16.8. The van der Waals surface area contributed by atoms with E-state index in [0.29, 0.717) is 35.5 Å². The lowest BCUT2D eigenvalue weighted by atomic mass is 9.76. The van der Waals surface area contributed by atoms with Gasteiger partial charge in [0.1, 0.15) is 11.6 Å². The lowest BCUT2D eigenvalue weighted by Crippen LogP contribution is -2.26. The topological polar surface area (TPSA) is 72.2 Å². The molecule has 0 radical (unpaired) electrons. The minimum atomic E-state index is -0.376. The van der Waals surface area contributed by atoms with Crippen molar-refractivity contribution in [1.82, 2.24) is 4.98 Å². The van der Waals surface area contributed by atoms with Crippen LogP contribution in [0, 0.1) is 19.3 Å². The molecule has 2 aromatic rings. The quantitative estimate of drug-likeness (QED) is 0.917. The number of Topliss-reactive ketones (excluding diaryl/α,β-unsaturated/α-hetero) is 1. The van der Waals surface area contributed by atoms with Gasteiger partial charge in [0, 0.05) is 24.6 Å². The maximum atomic E-state index is 12.4. The average molecular weight is 312 g/mol. The highest BCUT2D eigenvalue weighted by atomic mass is 16.4. The Balaban J connectivity index is 1.91. The standard InChI is InChI=1S/C18H20N2O3/c1-10-5-6-14(19-9-10)20-17(22)16-11(2)15-12(21)7-18(3,4)8-13(15)23-16/h5-6,9H,7-8H2,1-4H3,(H,19,20,22). The number of carbonyl (C=O) groups excluding carboxylic acids is 2. The largest absolute Gasteiger partial charge is 0.455 e. The van der Waals surface area contributed by atoms with Gasteiger partial charge >= 0.3 is 0 Å². The Morgan fingerprint density at radius 1 is 1.26 bits per heavy atom. The zero-order valence-corrected chi connectivity index (χ0v) is 13.8. The fraction of sp³-hybridized carbons (Fsp3) is 0.389. The molecule has 1 aliphatic rings. The predicted molar refractivity (Wildman–Crippen MR) is 86.8 cm³/mol. The van der Waals surface area contributed by atoms with Gasteiger partial charge in [-0.05, 0) is 30.9 Å². The van der Waals surface area contributed by atoms with E-state index >= 15 is 0 Å². The van der Waals surface area contributed by atoms with Crippen LogP contribution in [0.4, 0.5) is 5.82 Å². The van der Waals surface area contributed by atoms with Crippen LogP contribution < -0.4 is 5.32 Å². The van der Waals surface area contributed by atoms with Gasteiger partial charge in [-0.15, -0.1) is 0 Å². The molecule has 0 fully saturated rings. The molecule has 1 amide bonds. The van der Waals surface area contributed by atoms with Crippen molar-refractivity contribution in [3.63, 3.8) is 0 Å². The number of rotatable bonds is 2. The Morgan fingerprint density at radius 3 is 2.65 bits per heavy atom. The summed E-state index contributed by atoms with van der Waals surface area (Å²) in [4.78, 5) is 29.0. The van der Waals surface area contributed by atoms with Crippen LogP contribution in [0.1, 0.15) is 58.1 Å². The highest BCUT2D eigenvalue weighted by Gasteiger charge is 2.37. The Hall–Kier alpha value is -2.43. The third-order valence-electron chi connectivity index (χ3n) is 4.14. The van der Waals surface area contributed by atoms with E-state index in [-0.39, 0.29) is 22.9 Å². The molecule has 5 nitrogen and oxygen atoms in total. The number of aryl methyl sites for hydroxylation is 1. The van der Waals surface area contributed by atoms with Gasteiger partial charge in [-0.25, -0.2) is 4.98 Å². The molecule has 0 unspecified atom stereocenters. The van der Waals surface area contributed by atoms with Gasteiger partial charge in [0.15, 0.2) is 11.5 Å². The fourth-order valence-electron chi connectivity index (χ4n) is 3.01. The van der Waals surface area contributed by atoms with Crippen LogP contribution in [0.15, 0.2) is 22.7 Å². The van der Waals surface area contributed by atoms with E-state index in [4.69, 9.17) is 4.42 Å². The molecule has 0 aliphatic heterocycles. The van der Waals surface area contributed by atoms with Gasteiger partial charge in [-0.2, -0.15) is 0 Å². The maximum absolute atomic E-state index is 12.4. The summed E-state index contributed by atoms with van der Waals surface area (Å²) >= 11 is 0. The molecule has 0 atom stereocenters. The van der Waals surface area contributed by atoms with Gasteiger partial charge < -0.3 is 9.73 Å². The summed E-state index contributed by atoms with van der Waals surface area (Å²) in [5.41, 5.74) is 2.07. The second-order valence-corrected chi connectivity index (χ2v) is 6.97. The minimum absolute atomic E-state index is 0.0463. The van der Waals surface area contributed by atoms with E-state index in [1.165, 1.54) is 0 Å². The predicted octanol–water partition coefficient (Wildman–Crippen LogP) is 3.70. The summed E-state index contributed by atoms with van der Waals surface area (Å²) < 4.78 is 5.74. The van der Waals surface area contributed by atoms with Crippen LogP contribution in [-0.4, -0.2) is 16.7 Å². The number of nitrogens with zero attached hydrogens (tertiary/aromatic N) is 1. The van der Waals surface area contributed by atoms with Crippen molar-refractivity contribution in [1.29, 1.82) is 0 Å². The normalized spacial score (nSPS) is 16.1. The van der Waals surface area contributed by atoms with Crippen LogP contribution in [0.25, 0.3) is 0 Å². The number of hydrogen-bond donors (Lipinski definition) is 1. The molecule has 3 rings (SSSR count). The van der Waals surface area contributed by atoms with Gasteiger partial charge in [0.25, 0.3) is 5.91 Å². The number of nitrogens with one attached hydrogen (secondary N) is 1. The van der Waals surface area contributed by atoms with E-state index in [0.717, 1.165) is 5.56 Å². The Morgan fingerprint density at radius 2 is 2.00 bits per heavy atom. The highest BCUT2D eigenvalue weighted by molar-refractivity contribution is 6.07. The van der Waals surface area contributed by atoms with Crippen molar-refractivity contribution in [2.24, 2.45) is 5.41 Å². The molecule has 5 heteroatoms. The molecule has 120 valence electrons. The Labute approximate surface area is 135 Å². The summed E-state index contributed by atoms with van der Waals surface area (Å²) in [7, 11) is 0. The first-order chi connectivity index (χ1) is 10.8. The van der Waals surface area contributed by atoms with Crippen molar-refractivity contribution >= 4 is 17.5 Å². The van der Waals surface area contributed by atoms with Crippen LogP contribution >= 0.6 is 0 Å². The van der Waals surface area contributed by atoms with Crippen LogP contribution in [-0.2, 0) is 6.42 Å². The molecule has 1 aliphatic carbocycles. The summed E-state index contributed by atoms with van der Waals surface area (Å²) in [6.45, 7) is 7.75. The number of hydrogen-bond acceptors (Lipinski definition) is 4. The molecule has 23 heavy (non-hydrogen) atoms. The molecule has 0 saturated heterocycles. The van der Waals surface area contributed by atoms with Crippen LogP contribution in [0.5, 0.6) is 0 Å². The number of pyridine rings is 1. The Bertz CT molecular complexity index is 785. The van der Waals surface area contributed by atoms with Crippen molar-refractivity contribution in [2.45, 2.75) is 40.5 Å². The fourth-order valence-corrected chi connectivity index (χ4v) is 3.01. The van der Waals surface area contributed by atoms with E-state index < -0.39 is 0 Å². The number of amides is 1. The van der Waals surface area contributed by atoms with Crippen molar-refractivity contribution in [3.05, 3.63) is 46.5 Å². The summed E-state index contributed by atoms with van der Waals surface area (Å²) in [5, 5.41) is 2.72. The second kappa shape index (κ2) is 5.33. The number of ketones is 1. The van der Waals surface area contributed by atoms with E-state index in [1.807, 2.05) is 26.8 Å². The van der Waals surface area contributed by atoms with E-state index in [2.05, 4.69) is 10.3 Å². The molecule has 1 N–H and O–H groups in total. The average Bonchev–Trinajstić information content (AvgIpc) is 2.77. The van der Waals surface area contributed by atoms with Gasteiger partial charge in [-0.3, -0.25) is 9.59 Å². The van der Waals surface area contributed by atoms with Gasteiger partial charge in [0.2, 0.25) is 0 Å². The monoisotopic (exact) mass is 312 g/mol. The zero-order valence-electron chi connectivity index (χ0n) is 13.8. The summed E-state index contributed by atoms with van der Waals surface area (Å²) in [5.74, 6) is 0.944. The maximum Gasteiger partial charge on any atom is 0.292 e. The number of anilines is 1. The van der Waals surface area contributed by atoms with Crippen molar-refractivity contribution < 1.29 is 14.0 Å².